The molecule has 1 aromatic carbocycles. The summed E-state index contributed by atoms with van der Waals surface area (Å²) in [7, 11) is 1.79. The molecule has 1 saturated carbocycles. The molecule has 4 nitrogen and oxygen atoms in total. The average molecular weight is 316 g/mol. The van der Waals surface area contributed by atoms with Crippen LogP contribution in [0.2, 0.25) is 0 Å². The van der Waals surface area contributed by atoms with Gasteiger partial charge in [0.1, 0.15) is 0 Å². The lowest BCUT2D eigenvalue weighted by Crippen LogP contribution is -2.40. The second-order valence-corrected chi connectivity index (χ2v) is 7.31. The first-order valence-corrected chi connectivity index (χ1v) is 8.78. The largest absolute Gasteiger partial charge is 0.393 e. The number of amides is 2. The van der Waals surface area contributed by atoms with E-state index in [2.05, 4.69) is 29.6 Å². The third-order valence-electron chi connectivity index (χ3n) is 5.58. The number of fused-ring (bicyclic) bond motifs is 2. The van der Waals surface area contributed by atoms with Crippen LogP contribution in [0.5, 0.6) is 0 Å². The molecule has 3 rings (SSSR count). The maximum atomic E-state index is 12.1. The van der Waals surface area contributed by atoms with Gasteiger partial charge in [0.05, 0.1) is 6.10 Å². The Kier molecular flexibility index (Phi) is 4.62. The summed E-state index contributed by atoms with van der Waals surface area (Å²) in [6.07, 6.45) is 5.15. The summed E-state index contributed by atoms with van der Waals surface area (Å²) in [5, 5.41) is 12.4. The van der Waals surface area contributed by atoms with Crippen molar-refractivity contribution >= 4 is 6.03 Å². The van der Waals surface area contributed by atoms with Crippen molar-refractivity contribution in [3.05, 3.63) is 35.4 Å². The zero-order valence-corrected chi connectivity index (χ0v) is 14.2. The van der Waals surface area contributed by atoms with Crippen molar-refractivity contribution in [1.29, 1.82) is 0 Å². The van der Waals surface area contributed by atoms with Crippen molar-refractivity contribution in [3.63, 3.8) is 0 Å². The maximum Gasteiger partial charge on any atom is 0.317 e. The van der Waals surface area contributed by atoms with Gasteiger partial charge < -0.3 is 15.3 Å². The lowest BCUT2D eigenvalue weighted by Gasteiger charge is -2.27. The molecule has 0 aliphatic heterocycles. The second kappa shape index (κ2) is 6.52. The average Bonchev–Trinajstić information content (AvgIpc) is 3.24. The number of hydrogen-bond acceptors (Lipinski definition) is 2. The molecule has 1 fully saturated rings. The predicted octanol–water partition coefficient (Wildman–Crippen LogP) is 2.69. The number of urea groups is 1. The van der Waals surface area contributed by atoms with Crippen LogP contribution < -0.4 is 5.32 Å². The van der Waals surface area contributed by atoms with Crippen molar-refractivity contribution < 1.29 is 9.90 Å². The first-order valence-electron chi connectivity index (χ1n) is 8.78. The van der Waals surface area contributed by atoms with E-state index >= 15 is 0 Å². The normalized spacial score (nSPS) is 26.5. The highest BCUT2D eigenvalue weighted by atomic mass is 16.3. The van der Waals surface area contributed by atoms with Gasteiger partial charge in [-0.25, -0.2) is 4.79 Å². The molecule has 1 spiro atoms. The van der Waals surface area contributed by atoms with E-state index in [-0.39, 0.29) is 12.1 Å². The van der Waals surface area contributed by atoms with Crippen molar-refractivity contribution in [2.24, 2.45) is 5.92 Å². The van der Waals surface area contributed by atoms with Crippen LogP contribution in [0.15, 0.2) is 24.3 Å². The van der Waals surface area contributed by atoms with Gasteiger partial charge in [-0.3, -0.25) is 0 Å². The molecule has 0 heterocycles. The second-order valence-electron chi connectivity index (χ2n) is 7.31. The van der Waals surface area contributed by atoms with Gasteiger partial charge in [-0.05, 0) is 56.1 Å². The molecule has 2 amide bonds. The van der Waals surface area contributed by atoms with Gasteiger partial charge in [0, 0.05) is 25.6 Å². The van der Waals surface area contributed by atoms with Crippen LogP contribution in [0.4, 0.5) is 4.79 Å². The van der Waals surface area contributed by atoms with E-state index in [0.717, 1.165) is 6.54 Å². The van der Waals surface area contributed by atoms with Gasteiger partial charge in [0.25, 0.3) is 0 Å². The predicted molar refractivity (Wildman–Crippen MR) is 91.5 cm³/mol. The highest BCUT2D eigenvalue weighted by Gasteiger charge is 2.56. The number of aliphatic hydroxyl groups is 1. The SMILES string of the molecule is C[C@H](O)CCN(C)C(=O)NC[C@@H]1C[C@]12CCCc1ccccc12. The Morgan fingerprint density at radius 1 is 1.48 bits per heavy atom. The molecule has 2 aliphatic carbocycles. The van der Waals surface area contributed by atoms with Crippen LogP contribution in [0.25, 0.3) is 0 Å². The van der Waals surface area contributed by atoms with Crippen LogP contribution in [-0.4, -0.2) is 42.3 Å². The zero-order chi connectivity index (χ0) is 16.4. The molecule has 0 saturated heterocycles. The van der Waals surface area contributed by atoms with E-state index in [1.165, 1.54) is 36.8 Å². The molecule has 0 aromatic heterocycles. The fourth-order valence-electron chi connectivity index (χ4n) is 4.06. The maximum absolute atomic E-state index is 12.1. The smallest absolute Gasteiger partial charge is 0.317 e. The number of aryl methyl sites for hydroxylation is 1. The summed E-state index contributed by atoms with van der Waals surface area (Å²) < 4.78 is 0. The monoisotopic (exact) mass is 316 g/mol. The van der Waals surface area contributed by atoms with Crippen LogP contribution >= 0.6 is 0 Å². The van der Waals surface area contributed by atoms with E-state index in [4.69, 9.17) is 0 Å². The zero-order valence-electron chi connectivity index (χ0n) is 14.2. The summed E-state index contributed by atoms with van der Waals surface area (Å²) in [5.74, 6) is 0.568. The quantitative estimate of drug-likeness (QED) is 0.877. The number of nitrogens with one attached hydrogen (secondary N) is 1. The summed E-state index contributed by atoms with van der Waals surface area (Å²) in [4.78, 5) is 13.8. The summed E-state index contributed by atoms with van der Waals surface area (Å²) >= 11 is 0. The molecule has 4 heteroatoms. The van der Waals surface area contributed by atoms with E-state index in [0.29, 0.717) is 24.3 Å². The summed E-state index contributed by atoms with van der Waals surface area (Å²) in [5.41, 5.74) is 3.34. The molecule has 126 valence electrons. The lowest BCUT2D eigenvalue weighted by molar-refractivity contribution is 0.163. The Morgan fingerprint density at radius 2 is 2.26 bits per heavy atom. The summed E-state index contributed by atoms with van der Waals surface area (Å²) in [6, 6.07) is 8.79. The van der Waals surface area contributed by atoms with E-state index in [1.54, 1.807) is 18.9 Å². The molecule has 1 aromatic rings. The first kappa shape index (κ1) is 16.3. The molecule has 3 atom stereocenters. The van der Waals surface area contributed by atoms with E-state index in [1.807, 2.05) is 0 Å². The molecule has 2 aliphatic rings. The number of aliphatic hydroxyl groups excluding tert-OH is 1. The Labute approximate surface area is 138 Å². The van der Waals surface area contributed by atoms with Gasteiger partial charge >= 0.3 is 6.03 Å². The number of carbonyl (C=O) groups excluding carboxylic acids is 1. The molecule has 0 radical (unpaired) electrons. The molecule has 2 N–H and O–H groups in total. The molecule has 23 heavy (non-hydrogen) atoms. The van der Waals surface area contributed by atoms with Gasteiger partial charge in [0.2, 0.25) is 0 Å². The number of carbonyl (C=O) groups is 1. The fourth-order valence-corrected chi connectivity index (χ4v) is 4.06. The van der Waals surface area contributed by atoms with Gasteiger partial charge in [-0.2, -0.15) is 0 Å². The van der Waals surface area contributed by atoms with Crippen LogP contribution in [-0.2, 0) is 11.8 Å². The van der Waals surface area contributed by atoms with Gasteiger partial charge in [-0.15, -0.1) is 0 Å². The third kappa shape index (κ3) is 3.37. The van der Waals surface area contributed by atoms with Crippen molar-refractivity contribution in [1.82, 2.24) is 10.2 Å². The van der Waals surface area contributed by atoms with Crippen molar-refractivity contribution in [3.8, 4) is 0 Å². The number of rotatable bonds is 5. The van der Waals surface area contributed by atoms with E-state index in [9.17, 15) is 9.90 Å². The minimum atomic E-state index is -0.365. The first-order chi connectivity index (χ1) is 11.0. The Morgan fingerprint density at radius 3 is 3.04 bits per heavy atom. The Bertz CT molecular complexity index is 572. The Balaban J connectivity index is 1.53. The van der Waals surface area contributed by atoms with E-state index < -0.39 is 0 Å². The van der Waals surface area contributed by atoms with Crippen LogP contribution in [0, 0.1) is 5.92 Å². The van der Waals surface area contributed by atoms with Gasteiger partial charge in [0.15, 0.2) is 0 Å². The Hall–Kier alpha value is -1.55. The highest BCUT2D eigenvalue weighted by molar-refractivity contribution is 5.73. The third-order valence-corrected chi connectivity index (χ3v) is 5.58. The van der Waals surface area contributed by atoms with Crippen LogP contribution in [0.3, 0.4) is 0 Å². The molecular weight excluding hydrogens is 288 g/mol. The number of nitrogens with zero attached hydrogens (tertiary/aromatic N) is 1. The topological polar surface area (TPSA) is 52.6 Å². The summed E-state index contributed by atoms with van der Waals surface area (Å²) in [6.45, 7) is 3.09. The van der Waals surface area contributed by atoms with Crippen molar-refractivity contribution in [2.45, 2.75) is 50.5 Å². The highest BCUT2D eigenvalue weighted by Crippen LogP contribution is 2.59. The number of hydrogen-bond donors (Lipinski definition) is 2. The lowest BCUT2D eigenvalue weighted by atomic mass is 9.78. The molecular formula is C19H28N2O2. The van der Waals surface area contributed by atoms with Crippen molar-refractivity contribution in [2.75, 3.05) is 20.1 Å². The minimum Gasteiger partial charge on any atom is -0.393 e. The van der Waals surface area contributed by atoms with Crippen LogP contribution in [0.1, 0.15) is 43.7 Å². The molecule has 0 bridgehead atoms. The number of benzene rings is 1. The molecule has 0 unspecified atom stereocenters. The standard InChI is InChI=1S/C19H28N2O2/c1-14(22)9-11-21(2)18(23)20-13-16-12-19(16)10-5-7-15-6-3-4-8-17(15)19/h3-4,6,8,14,16,22H,5,7,9-13H2,1-2H3,(H,20,23)/t14-,16-,19+/m0/s1. The van der Waals surface area contributed by atoms with Gasteiger partial charge in [-0.1, -0.05) is 24.3 Å². The fraction of sp³-hybridized carbons (Fsp3) is 0.632. The minimum absolute atomic E-state index is 0.0307.